The average Bonchev–Trinajstić information content (AvgIpc) is 3.13. The molecule has 2 aromatic carbocycles. The molecule has 0 unspecified atom stereocenters. The van der Waals surface area contributed by atoms with Gasteiger partial charge in [0.2, 0.25) is 10.0 Å². The zero-order valence-corrected chi connectivity index (χ0v) is 16.0. The van der Waals surface area contributed by atoms with Crippen LogP contribution in [0.1, 0.15) is 16.1 Å². The van der Waals surface area contributed by atoms with Gasteiger partial charge >= 0.3 is 6.18 Å². The maximum Gasteiger partial charge on any atom is 0.416 e. The fourth-order valence-electron chi connectivity index (χ4n) is 2.41. The summed E-state index contributed by atoms with van der Waals surface area (Å²) in [6.45, 7) is 0. The Kier molecular flexibility index (Phi) is 5.39. The molecular formula is C17H14F3N5O4S. The number of benzene rings is 2. The summed E-state index contributed by atoms with van der Waals surface area (Å²) < 4.78 is 64.3. The summed E-state index contributed by atoms with van der Waals surface area (Å²) in [4.78, 5) is 12.4. The lowest BCUT2D eigenvalue weighted by atomic mass is 10.2. The van der Waals surface area contributed by atoms with Crippen LogP contribution < -0.4 is 10.0 Å². The number of carbonyl (C=O) groups excluding carboxylic acids is 1. The van der Waals surface area contributed by atoms with Gasteiger partial charge in [-0.25, -0.2) is 13.1 Å². The van der Waals surface area contributed by atoms with Crippen LogP contribution in [-0.4, -0.2) is 40.7 Å². The Labute approximate surface area is 168 Å². The van der Waals surface area contributed by atoms with Gasteiger partial charge in [0.1, 0.15) is 5.75 Å². The summed E-state index contributed by atoms with van der Waals surface area (Å²) in [6.07, 6.45) is -2.50. The lowest BCUT2D eigenvalue weighted by molar-refractivity contribution is -0.137. The number of aromatic nitrogens is 3. The molecule has 1 aromatic heterocycles. The van der Waals surface area contributed by atoms with Gasteiger partial charge in [0, 0.05) is 5.69 Å². The van der Waals surface area contributed by atoms with E-state index in [-0.39, 0.29) is 28.5 Å². The highest BCUT2D eigenvalue weighted by Crippen LogP contribution is 2.30. The molecule has 3 aromatic rings. The largest absolute Gasteiger partial charge is 0.506 e. The SMILES string of the molecule is CS(=O)(=O)Nc1cc(NC(=O)c2cn(-c3cccc(C(F)(F)F)c3)nn2)ccc1O. The van der Waals surface area contributed by atoms with E-state index in [9.17, 15) is 31.5 Å². The first-order chi connectivity index (χ1) is 13.9. The number of alkyl halides is 3. The van der Waals surface area contributed by atoms with Gasteiger partial charge in [0.15, 0.2) is 5.69 Å². The number of anilines is 2. The summed E-state index contributed by atoms with van der Waals surface area (Å²) in [5, 5.41) is 19.4. The normalized spacial score (nSPS) is 11.9. The maximum atomic E-state index is 12.9. The summed E-state index contributed by atoms with van der Waals surface area (Å²) in [7, 11) is -3.67. The predicted octanol–water partition coefficient (Wildman–Crippen LogP) is 2.62. The number of hydrogen-bond donors (Lipinski definition) is 3. The highest BCUT2D eigenvalue weighted by molar-refractivity contribution is 7.92. The van der Waals surface area contributed by atoms with Crippen molar-refractivity contribution in [2.24, 2.45) is 0 Å². The van der Waals surface area contributed by atoms with Crippen molar-refractivity contribution in [2.45, 2.75) is 6.18 Å². The lowest BCUT2D eigenvalue weighted by Gasteiger charge is -2.09. The van der Waals surface area contributed by atoms with Gasteiger partial charge in [-0.1, -0.05) is 11.3 Å². The summed E-state index contributed by atoms with van der Waals surface area (Å²) in [5.74, 6) is -1.10. The predicted molar refractivity (Wildman–Crippen MR) is 101 cm³/mol. The molecule has 0 radical (unpaired) electrons. The number of hydrogen-bond acceptors (Lipinski definition) is 6. The average molecular weight is 441 g/mol. The van der Waals surface area contributed by atoms with Gasteiger partial charge in [-0.15, -0.1) is 5.10 Å². The quantitative estimate of drug-likeness (QED) is 0.413. The first kappa shape index (κ1) is 21.1. The molecule has 3 N–H and O–H groups in total. The first-order valence-electron chi connectivity index (χ1n) is 8.14. The summed E-state index contributed by atoms with van der Waals surface area (Å²) in [6, 6.07) is 8.01. The Morgan fingerprint density at radius 1 is 1.17 bits per heavy atom. The van der Waals surface area contributed by atoms with Crippen LogP contribution in [0.4, 0.5) is 24.5 Å². The van der Waals surface area contributed by atoms with E-state index in [4.69, 9.17) is 0 Å². The van der Waals surface area contributed by atoms with Gasteiger partial charge in [0.25, 0.3) is 5.91 Å². The molecule has 0 aliphatic carbocycles. The molecule has 0 saturated carbocycles. The monoisotopic (exact) mass is 441 g/mol. The zero-order chi connectivity index (χ0) is 22.1. The van der Waals surface area contributed by atoms with E-state index in [1.54, 1.807) is 0 Å². The topological polar surface area (TPSA) is 126 Å². The van der Waals surface area contributed by atoms with Gasteiger partial charge in [-0.05, 0) is 36.4 Å². The smallest absolute Gasteiger partial charge is 0.416 e. The lowest BCUT2D eigenvalue weighted by Crippen LogP contribution is -2.13. The molecule has 0 spiro atoms. The molecule has 158 valence electrons. The van der Waals surface area contributed by atoms with Crippen LogP contribution in [0.25, 0.3) is 5.69 Å². The third kappa shape index (κ3) is 5.05. The minimum absolute atomic E-state index is 0.0562. The molecule has 0 aliphatic rings. The third-order valence-corrected chi connectivity index (χ3v) is 4.30. The number of sulfonamides is 1. The van der Waals surface area contributed by atoms with Crippen molar-refractivity contribution in [2.75, 3.05) is 16.3 Å². The summed E-state index contributed by atoms with van der Waals surface area (Å²) in [5.41, 5.74) is -1.03. The minimum Gasteiger partial charge on any atom is -0.506 e. The molecule has 3 rings (SSSR count). The number of nitrogens with one attached hydrogen (secondary N) is 2. The molecule has 0 saturated heterocycles. The first-order valence-corrected chi connectivity index (χ1v) is 10.0. The van der Waals surface area contributed by atoms with Crippen molar-refractivity contribution in [3.63, 3.8) is 0 Å². The molecule has 9 nitrogen and oxygen atoms in total. The molecular weight excluding hydrogens is 427 g/mol. The van der Waals surface area contributed by atoms with Crippen molar-refractivity contribution < 1.29 is 31.5 Å². The molecule has 1 heterocycles. The van der Waals surface area contributed by atoms with Crippen molar-refractivity contribution in [3.05, 3.63) is 59.9 Å². The number of rotatable bonds is 5. The zero-order valence-electron chi connectivity index (χ0n) is 15.2. The standard InChI is InChI=1S/C17H14F3N5O4S/c1-30(28,29)23-13-8-11(5-6-15(13)26)21-16(27)14-9-25(24-22-14)12-4-2-3-10(7-12)17(18,19)20/h2-9,23,26H,1H3,(H,21,27). The molecule has 0 fully saturated rings. The van der Waals surface area contributed by atoms with E-state index >= 15 is 0 Å². The van der Waals surface area contributed by atoms with Crippen LogP contribution in [0.2, 0.25) is 0 Å². The Morgan fingerprint density at radius 3 is 2.57 bits per heavy atom. The number of phenolic OH excluding ortho intramolecular Hbond substituents is 1. The van der Waals surface area contributed by atoms with E-state index in [0.717, 1.165) is 29.3 Å². The highest BCUT2D eigenvalue weighted by atomic mass is 32.2. The Balaban J connectivity index is 1.80. The molecule has 0 bridgehead atoms. The van der Waals surface area contributed by atoms with Crippen LogP contribution in [0.15, 0.2) is 48.7 Å². The summed E-state index contributed by atoms with van der Waals surface area (Å²) >= 11 is 0. The van der Waals surface area contributed by atoms with Crippen LogP contribution >= 0.6 is 0 Å². The molecule has 0 aliphatic heterocycles. The Hall–Kier alpha value is -3.61. The number of carbonyl (C=O) groups is 1. The molecule has 1 amide bonds. The number of aromatic hydroxyl groups is 1. The number of amides is 1. The van der Waals surface area contributed by atoms with E-state index in [1.807, 2.05) is 0 Å². The van der Waals surface area contributed by atoms with Crippen LogP contribution in [0.3, 0.4) is 0 Å². The third-order valence-electron chi connectivity index (χ3n) is 3.71. The van der Waals surface area contributed by atoms with Crippen LogP contribution in [-0.2, 0) is 16.2 Å². The Morgan fingerprint density at radius 2 is 1.90 bits per heavy atom. The molecule has 30 heavy (non-hydrogen) atoms. The minimum atomic E-state index is -4.53. The van der Waals surface area contributed by atoms with E-state index in [2.05, 4.69) is 20.4 Å². The fourth-order valence-corrected chi connectivity index (χ4v) is 2.97. The fraction of sp³-hybridized carbons (Fsp3) is 0.118. The molecule has 13 heteroatoms. The second kappa shape index (κ2) is 7.67. The second-order valence-corrected chi connectivity index (χ2v) is 7.91. The van der Waals surface area contributed by atoms with E-state index < -0.39 is 27.7 Å². The van der Waals surface area contributed by atoms with Crippen molar-refractivity contribution >= 4 is 27.3 Å². The molecule has 0 atom stereocenters. The van der Waals surface area contributed by atoms with Crippen LogP contribution in [0.5, 0.6) is 5.75 Å². The van der Waals surface area contributed by atoms with E-state index in [1.165, 1.54) is 30.3 Å². The maximum absolute atomic E-state index is 12.9. The van der Waals surface area contributed by atoms with Gasteiger partial charge < -0.3 is 10.4 Å². The van der Waals surface area contributed by atoms with Crippen molar-refractivity contribution in [1.82, 2.24) is 15.0 Å². The van der Waals surface area contributed by atoms with E-state index in [0.29, 0.717) is 0 Å². The van der Waals surface area contributed by atoms with Crippen molar-refractivity contribution in [3.8, 4) is 11.4 Å². The Bertz CT molecular complexity index is 1210. The number of halogens is 3. The van der Waals surface area contributed by atoms with Gasteiger partial charge in [-0.2, -0.15) is 13.2 Å². The van der Waals surface area contributed by atoms with Gasteiger partial charge in [0.05, 0.1) is 29.4 Å². The van der Waals surface area contributed by atoms with Gasteiger partial charge in [-0.3, -0.25) is 9.52 Å². The van der Waals surface area contributed by atoms with Crippen molar-refractivity contribution in [1.29, 1.82) is 0 Å². The van der Waals surface area contributed by atoms with Crippen LogP contribution in [0, 0.1) is 0 Å². The number of nitrogens with zero attached hydrogens (tertiary/aromatic N) is 3. The second-order valence-electron chi connectivity index (χ2n) is 6.16. The number of phenols is 1. The highest BCUT2D eigenvalue weighted by Gasteiger charge is 2.30.